The maximum atomic E-state index is 12.8. The largest absolute Gasteiger partial charge is 0.497 e. The number of methoxy groups -OCH3 is 1. The molecule has 2 bridgehead atoms. The number of imide groups is 1. The maximum absolute atomic E-state index is 12.8. The van der Waals surface area contributed by atoms with Gasteiger partial charge in [-0.2, -0.15) is 0 Å². The number of anilines is 1. The van der Waals surface area contributed by atoms with Crippen molar-refractivity contribution in [3.63, 3.8) is 0 Å². The fraction of sp³-hybridized carbons (Fsp3) is 0.429. The summed E-state index contributed by atoms with van der Waals surface area (Å²) in [5.41, 5.74) is 0.781. The molecule has 1 aliphatic heterocycles. The minimum Gasteiger partial charge on any atom is -0.497 e. The second-order valence-corrected chi connectivity index (χ2v) is 8.85. The summed E-state index contributed by atoms with van der Waals surface area (Å²) in [7, 11) is 1.60. The molecule has 0 unspecified atom stereocenters. The van der Waals surface area contributed by atoms with E-state index in [9.17, 15) is 14.4 Å². The molecular weight excluding hydrogens is 390 g/mol. The Balaban J connectivity index is 1.23. The third kappa shape index (κ3) is 3.02. The molecule has 1 aromatic carbocycles. The molecule has 3 aliphatic carbocycles. The standard InChI is InChI=1S/C21H21N3O4S/c1-28-13-6-7-14-15(10-13)29-21(22-14)23-16(25)8-9-24-19(26)17-11-2-3-12(5-4-11)18(17)20(24)27/h2-3,6-7,10-12,17-18H,4-5,8-9H2,1H3,(H,22,23,25)/t11-,12-,17+,18+/m0/s1. The third-order valence-corrected chi connectivity index (χ3v) is 7.19. The molecule has 3 amide bonds. The number of ether oxygens (including phenoxy) is 1. The Hall–Kier alpha value is -2.74. The van der Waals surface area contributed by atoms with Gasteiger partial charge in [0.2, 0.25) is 17.7 Å². The molecule has 150 valence electrons. The molecule has 2 fully saturated rings. The van der Waals surface area contributed by atoms with E-state index >= 15 is 0 Å². The number of nitrogens with zero attached hydrogens (tertiary/aromatic N) is 2. The highest BCUT2D eigenvalue weighted by Crippen LogP contribution is 2.49. The highest BCUT2D eigenvalue weighted by Gasteiger charge is 2.56. The molecule has 1 saturated carbocycles. The number of rotatable bonds is 5. The molecule has 2 heterocycles. The molecule has 1 aromatic heterocycles. The highest BCUT2D eigenvalue weighted by molar-refractivity contribution is 7.22. The van der Waals surface area contributed by atoms with Crippen LogP contribution in [-0.2, 0) is 14.4 Å². The van der Waals surface area contributed by atoms with Crippen molar-refractivity contribution in [3.05, 3.63) is 30.4 Å². The lowest BCUT2D eigenvalue weighted by Gasteiger charge is -2.38. The number of allylic oxidation sites excluding steroid dienone is 2. The van der Waals surface area contributed by atoms with Gasteiger partial charge in [-0.05, 0) is 42.9 Å². The van der Waals surface area contributed by atoms with Crippen LogP contribution in [0, 0.1) is 23.7 Å². The van der Waals surface area contributed by atoms with Crippen LogP contribution in [0.5, 0.6) is 5.75 Å². The molecular formula is C21H21N3O4S. The summed E-state index contributed by atoms with van der Waals surface area (Å²) in [6.07, 6.45) is 6.20. The van der Waals surface area contributed by atoms with Crippen LogP contribution in [0.4, 0.5) is 5.13 Å². The van der Waals surface area contributed by atoms with Crippen molar-refractivity contribution in [2.45, 2.75) is 19.3 Å². The van der Waals surface area contributed by atoms with E-state index in [-0.39, 0.29) is 54.4 Å². The number of amides is 3. The summed E-state index contributed by atoms with van der Waals surface area (Å²) in [5, 5.41) is 3.27. The Bertz CT molecular complexity index is 1010. The molecule has 0 radical (unpaired) electrons. The van der Waals surface area contributed by atoms with E-state index in [4.69, 9.17) is 4.74 Å². The van der Waals surface area contributed by atoms with Gasteiger partial charge in [-0.15, -0.1) is 0 Å². The van der Waals surface area contributed by atoms with Gasteiger partial charge in [0.15, 0.2) is 5.13 Å². The Morgan fingerprint density at radius 2 is 1.90 bits per heavy atom. The van der Waals surface area contributed by atoms with Gasteiger partial charge in [0, 0.05) is 13.0 Å². The SMILES string of the molecule is COc1ccc2nc(NC(=O)CCN3C(=O)[C@H]4[C@H](C3=O)[C@H]3C=C[C@H]4CC3)sc2c1. The van der Waals surface area contributed by atoms with Crippen molar-refractivity contribution in [2.75, 3.05) is 19.0 Å². The predicted molar refractivity (Wildman–Crippen MR) is 108 cm³/mol. The van der Waals surface area contributed by atoms with E-state index < -0.39 is 0 Å². The maximum Gasteiger partial charge on any atom is 0.233 e. The second kappa shape index (κ2) is 6.95. The first-order valence-corrected chi connectivity index (χ1v) is 10.6. The van der Waals surface area contributed by atoms with E-state index in [1.54, 1.807) is 7.11 Å². The number of aromatic nitrogens is 1. The monoisotopic (exact) mass is 411 g/mol. The molecule has 29 heavy (non-hydrogen) atoms. The fourth-order valence-corrected chi connectivity index (χ4v) is 5.75. The Morgan fingerprint density at radius 1 is 1.21 bits per heavy atom. The Kier molecular flexibility index (Phi) is 4.38. The van der Waals surface area contributed by atoms with Crippen molar-refractivity contribution < 1.29 is 19.1 Å². The van der Waals surface area contributed by atoms with Crippen LogP contribution in [0.25, 0.3) is 10.2 Å². The first kappa shape index (κ1) is 18.3. The summed E-state index contributed by atoms with van der Waals surface area (Å²) >= 11 is 1.36. The van der Waals surface area contributed by atoms with Gasteiger partial charge in [0.05, 0.1) is 29.2 Å². The topological polar surface area (TPSA) is 88.6 Å². The number of benzene rings is 1. The van der Waals surface area contributed by atoms with Crippen LogP contribution in [0.3, 0.4) is 0 Å². The number of nitrogens with one attached hydrogen (secondary N) is 1. The van der Waals surface area contributed by atoms with Crippen LogP contribution >= 0.6 is 11.3 Å². The minimum absolute atomic E-state index is 0.0684. The zero-order chi connectivity index (χ0) is 20.1. The van der Waals surface area contributed by atoms with Crippen molar-refractivity contribution >= 4 is 44.4 Å². The average Bonchev–Trinajstić information content (AvgIpc) is 3.26. The van der Waals surface area contributed by atoms with Gasteiger partial charge in [-0.3, -0.25) is 19.3 Å². The van der Waals surface area contributed by atoms with E-state index in [2.05, 4.69) is 22.5 Å². The first-order chi connectivity index (χ1) is 14.0. The van der Waals surface area contributed by atoms with Crippen molar-refractivity contribution in [1.29, 1.82) is 0 Å². The molecule has 8 heteroatoms. The van der Waals surface area contributed by atoms with Crippen LogP contribution in [0.2, 0.25) is 0 Å². The van der Waals surface area contributed by atoms with E-state index in [0.29, 0.717) is 5.13 Å². The number of carbonyl (C=O) groups excluding carboxylic acids is 3. The molecule has 6 rings (SSSR count). The molecule has 1 N–H and O–H groups in total. The number of hydrogen-bond donors (Lipinski definition) is 1. The quantitative estimate of drug-likeness (QED) is 0.604. The summed E-state index contributed by atoms with van der Waals surface area (Å²) in [4.78, 5) is 43.7. The third-order valence-electron chi connectivity index (χ3n) is 6.26. The van der Waals surface area contributed by atoms with E-state index in [1.165, 1.54) is 16.2 Å². The molecule has 1 saturated heterocycles. The molecule has 0 spiro atoms. The van der Waals surface area contributed by atoms with Gasteiger partial charge < -0.3 is 10.1 Å². The van der Waals surface area contributed by atoms with Gasteiger partial charge in [0.1, 0.15) is 5.75 Å². The van der Waals surface area contributed by atoms with Crippen LogP contribution in [0.15, 0.2) is 30.4 Å². The number of hydrogen-bond acceptors (Lipinski definition) is 6. The minimum atomic E-state index is -0.257. The summed E-state index contributed by atoms with van der Waals surface area (Å²) in [5.74, 6) is 0.127. The summed E-state index contributed by atoms with van der Waals surface area (Å²) < 4.78 is 6.12. The molecule has 7 nitrogen and oxygen atoms in total. The van der Waals surface area contributed by atoms with Gasteiger partial charge >= 0.3 is 0 Å². The van der Waals surface area contributed by atoms with Crippen molar-refractivity contribution in [3.8, 4) is 5.75 Å². The molecule has 4 aliphatic rings. The van der Waals surface area contributed by atoms with Crippen molar-refractivity contribution in [1.82, 2.24) is 9.88 Å². The van der Waals surface area contributed by atoms with Crippen molar-refractivity contribution in [2.24, 2.45) is 23.7 Å². The second-order valence-electron chi connectivity index (χ2n) is 7.82. The Labute approximate surface area is 171 Å². The summed E-state index contributed by atoms with van der Waals surface area (Å²) in [6, 6.07) is 5.53. The highest BCUT2D eigenvalue weighted by atomic mass is 32.1. The number of fused-ring (bicyclic) bond motifs is 2. The molecule has 2 aromatic rings. The Morgan fingerprint density at radius 3 is 2.52 bits per heavy atom. The normalized spacial score (nSPS) is 27.6. The average molecular weight is 411 g/mol. The van der Waals surface area contributed by atoms with E-state index in [0.717, 1.165) is 28.8 Å². The first-order valence-electron chi connectivity index (χ1n) is 9.83. The molecule has 4 atom stereocenters. The van der Waals surface area contributed by atoms with Gasteiger partial charge in [0.25, 0.3) is 0 Å². The zero-order valence-corrected chi connectivity index (χ0v) is 16.8. The lowest BCUT2D eigenvalue weighted by Crippen LogP contribution is -2.38. The fourth-order valence-electron chi connectivity index (χ4n) is 4.84. The van der Waals surface area contributed by atoms with Gasteiger partial charge in [-0.1, -0.05) is 23.5 Å². The lowest BCUT2D eigenvalue weighted by atomic mass is 9.63. The number of thiazole rings is 1. The van der Waals surface area contributed by atoms with E-state index in [1.807, 2.05) is 18.2 Å². The number of carbonyl (C=O) groups is 3. The van der Waals surface area contributed by atoms with Crippen LogP contribution < -0.4 is 10.1 Å². The number of likely N-dealkylation sites (tertiary alicyclic amines) is 1. The van der Waals surface area contributed by atoms with Crippen LogP contribution in [-0.4, -0.2) is 41.3 Å². The lowest BCUT2D eigenvalue weighted by molar-refractivity contribution is -0.140. The van der Waals surface area contributed by atoms with Gasteiger partial charge in [-0.25, -0.2) is 4.98 Å². The predicted octanol–water partition coefficient (Wildman–Crippen LogP) is 2.83. The van der Waals surface area contributed by atoms with Crippen LogP contribution in [0.1, 0.15) is 19.3 Å². The zero-order valence-electron chi connectivity index (χ0n) is 16.0. The smallest absolute Gasteiger partial charge is 0.233 e. The summed E-state index contributed by atoms with van der Waals surface area (Å²) in [6.45, 7) is 0.120.